The van der Waals surface area contributed by atoms with E-state index in [1.807, 2.05) is 18.2 Å². The van der Waals surface area contributed by atoms with E-state index in [0.717, 1.165) is 33.5 Å². The Balaban J connectivity index is 1.70. The maximum atomic E-state index is 13.4. The van der Waals surface area contributed by atoms with Crippen LogP contribution < -0.4 is 10.1 Å². The number of aromatic nitrogens is 3. The van der Waals surface area contributed by atoms with Crippen LogP contribution in [0.3, 0.4) is 0 Å². The number of hydrogen-bond acceptors (Lipinski definition) is 6. The summed E-state index contributed by atoms with van der Waals surface area (Å²) in [6, 6.07) is 12.1. The molecule has 0 saturated heterocycles. The van der Waals surface area contributed by atoms with E-state index in [4.69, 9.17) is 4.74 Å². The predicted octanol–water partition coefficient (Wildman–Crippen LogP) is 6.23. The predicted molar refractivity (Wildman–Crippen MR) is 117 cm³/mol. The summed E-state index contributed by atoms with van der Waals surface area (Å²) in [6.07, 6.45) is 2.94. The fraction of sp³-hybridized carbons (Fsp3) is 0.286. The molecule has 1 unspecified atom stereocenters. The first kappa shape index (κ1) is 20.1. The van der Waals surface area contributed by atoms with E-state index < -0.39 is 6.23 Å². The summed E-state index contributed by atoms with van der Waals surface area (Å²) >= 11 is 5.10. The third kappa shape index (κ3) is 4.70. The molecule has 0 bridgehead atoms. The molecule has 2 heterocycles. The number of thioether (sulfide) groups is 1. The van der Waals surface area contributed by atoms with Crippen molar-refractivity contribution in [1.29, 1.82) is 0 Å². The molecule has 8 heteroatoms. The molecule has 0 saturated carbocycles. The van der Waals surface area contributed by atoms with Gasteiger partial charge in [0.1, 0.15) is 5.82 Å². The minimum atomic E-state index is -0.522. The lowest BCUT2D eigenvalue weighted by atomic mass is 10.1. The van der Waals surface area contributed by atoms with Crippen LogP contribution in [0.2, 0.25) is 0 Å². The molecule has 150 valence electrons. The van der Waals surface area contributed by atoms with Gasteiger partial charge in [-0.05, 0) is 36.8 Å². The van der Waals surface area contributed by atoms with Crippen LogP contribution in [0.25, 0.3) is 11.3 Å². The van der Waals surface area contributed by atoms with Crippen molar-refractivity contribution in [3.8, 4) is 17.1 Å². The Morgan fingerprint density at radius 2 is 1.97 bits per heavy atom. The van der Waals surface area contributed by atoms with Crippen molar-refractivity contribution in [1.82, 2.24) is 15.2 Å². The smallest absolute Gasteiger partial charge is 0.247 e. The number of hydrogen-bond donors (Lipinski definition) is 1. The second-order valence-corrected chi connectivity index (χ2v) is 8.67. The number of anilines is 1. The largest absolute Gasteiger partial charge is 0.448 e. The highest BCUT2D eigenvalue weighted by Gasteiger charge is 2.26. The number of fused-ring (bicyclic) bond motifs is 3. The van der Waals surface area contributed by atoms with Gasteiger partial charge in [-0.1, -0.05) is 59.6 Å². The van der Waals surface area contributed by atoms with Gasteiger partial charge in [0.05, 0.1) is 0 Å². The molecule has 5 nitrogen and oxygen atoms in total. The highest BCUT2D eigenvalue weighted by molar-refractivity contribution is 9.10. The average Bonchev–Trinajstić information content (AvgIpc) is 2.88. The Morgan fingerprint density at radius 1 is 1.14 bits per heavy atom. The molecule has 0 aliphatic carbocycles. The van der Waals surface area contributed by atoms with Crippen molar-refractivity contribution >= 4 is 33.4 Å². The number of nitrogens with zero attached hydrogens (tertiary/aromatic N) is 3. The minimum absolute atomic E-state index is 0.290. The molecule has 4 rings (SSSR count). The van der Waals surface area contributed by atoms with Gasteiger partial charge in [0.15, 0.2) is 11.9 Å². The van der Waals surface area contributed by atoms with Crippen LogP contribution in [0.1, 0.15) is 38.0 Å². The van der Waals surface area contributed by atoms with E-state index >= 15 is 0 Å². The fourth-order valence-corrected chi connectivity index (χ4v) is 4.17. The first-order chi connectivity index (χ1) is 14.1. The third-order valence-corrected chi connectivity index (χ3v) is 5.96. The number of benzene rings is 2. The summed E-state index contributed by atoms with van der Waals surface area (Å²) in [7, 11) is 0. The Kier molecular flexibility index (Phi) is 6.30. The zero-order valence-electron chi connectivity index (χ0n) is 15.9. The molecule has 1 aromatic heterocycles. The SMILES string of the molecule is CCCCCSc1nnc2c(n1)OC(c1ccc(F)cc1)Nc1ccc(Br)cc1-2. The Labute approximate surface area is 181 Å². The molecular weight excluding hydrogens is 455 g/mol. The van der Waals surface area contributed by atoms with Crippen LogP contribution in [0.15, 0.2) is 52.1 Å². The minimum Gasteiger partial charge on any atom is -0.448 e. The molecular formula is C21H20BrFN4OS. The topological polar surface area (TPSA) is 59.9 Å². The van der Waals surface area contributed by atoms with Crippen molar-refractivity contribution in [3.05, 3.63) is 58.3 Å². The van der Waals surface area contributed by atoms with Crippen molar-refractivity contribution in [2.24, 2.45) is 0 Å². The van der Waals surface area contributed by atoms with Gasteiger partial charge in [-0.25, -0.2) is 4.39 Å². The maximum Gasteiger partial charge on any atom is 0.247 e. The lowest BCUT2D eigenvalue weighted by Crippen LogP contribution is -2.17. The lowest BCUT2D eigenvalue weighted by Gasteiger charge is -2.19. The Hall–Kier alpha value is -2.19. The second kappa shape index (κ2) is 9.09. The van der Waals surface area contributed by atoms with Gasteiger partial charge in [-0.2, -0.15) is 4.98 Å². The lowest BCUT2D eigenvalue weighted by molar-refractivity contribution is 0.225. The van der Waals surface area contributed by atoms with Gasteiger partial charge in [0.25, 0.3) is 0 Å². The third-order valence-electron chi connectivity index (χ3n) is 4.54. The van der Waals surface area contributed by atoms with Gasteiger partial charge >= 0.3 is 0 Å². The summed E-state index contributed by atoms with van der Waals surface area (Å²) < 4.78 is 20.5. The van der Waals surface area contributed by atoms with Gasteiger partial charge in [0.2, 0.25) is 11.0 Å². The number of nitrogens with one attached hydrogen (secondary N) is 1. The Bertz CT molecular complexity index is 1000. The van der Waals surface area contributed by atoms with E-state index in [9.17, 15) is 4.39 Å². The van der Waals surface area contributed by atoms with Crippen LogP contribution in [-0.4, -0.2) is 20.9 Å². The monoisotopic (exact) mass is 474 g/mol. The molecule has 3 aromatic rings. The second-order valence-electron chi connectivity index (χ2n) is 6.69. The van der Waals surface area contributed by atoms with E-state index in [1.54, 1.807) is 23.9 Å². The van der Waals surface area contributed by atoms with Gasteiger partial charge < -0.3 is 10.1 Å². The summed E-state index contributed by atoms with van der Waals surface area (Å²) in [6.45, 7) is 2.18. The van der Waals surface area contributed by atoms with E-state index in [0.29, 0.717) is 16.7 Å². The number of halogens is 2. The molecule has 1 aliphatic rings. The summed E-state index contributed by atoms with van der Waals surface area (Å²) in [5, 5.41) is 12.7. The zero-order valence-corrected chi connectivity index (χ0v) is 18.3. The molecule has 0 spiro atoms. The molecule has 0 fully saturated rings. The number of ether oxygens (including phenoxy) is 1. The fourth-order valence-electron chi connectivity index (χ4n) is 3.04. The molecule has 1 N–H and O–H groups in total. The van der Waals surface area contributed by atoms with Crippen molar-refractivity contribution < 1.29 is 9.13 Å². The summed E-state index contributed by atoms with van der Waals surface area (Å²) in [5.41, 5.74) is 3.07. The highest BCUT2D eigenvalue weighted by Crippen LogP contribution is 2.40. The maximum absolute atomic E-state index is 13.4. The number of rotatable bonds is 6. The van der Waals surface area contributed by atoms with Gasteiger partial charge in [-0.15, -0.1) is 10.2 Å². The Morgan fingerprint density at radius 3 is 2.76 bits per heavy atom. The molecule has 29 heavy (non-hydrogen) atoms. The van der Waals surface area contributed by atoms with Gasteiger partial charge in [-0.3, -0.25) is 0 Å². The van der Waals surface area contributed by atoms with E-state index in [-0.39, 0.29) is 5.82 Å². The number of unbranched alkanes of at least 4 members (excludes halogenated alkanes) is 2. The summed E-state index contributed by atoms with van der Waals surface area (Å²) in [5.74, 6) is 1.06. The quantitative estimate of drug-likeness (QED) is 0.337. The summed E-state index contributed by atoms with van der Waals surface area (Å²) in [4.78, 5) is 4.63. The first-order valence-corrected chi connectivity index (χ1v) is 11.3. The van der Waals surface area contributed by atoms with Crippen molar-refractivity contribution in [2.45, 2.75) is 37.6 Å². The van der Waals surface area contributed by atoms with Crippen LogP contribution in [0.5, 0.6) is 5.88 Å². The average molecular weight is 475 g/mol. The zero-order chi connectivity index (χ0) is 20.2. The molecule has 1 aliphatic heterocycles. The van der Waals surface area contributed by atoms with Gasteiger partial charge in [0, 0.05) is 27.0 Å². The van der Waals surface area contributed by atoms with E-state index in [2.05, 4.69) is 43.4 Å². The van der Waals surface area contributed by atoms with Crippen LogP contribution in [0, 0.1) is 5.82 Å². The molecule has 0 amide bonds. The first-order valence-electron chi connectivity index (χ1n) is 9.50. The molecule has 2 aromatic carbocycles. The molecule has 1 atom stereocenters. The van der Waals surface area contributed by atoms with Crippen LogP contribution in [-0.2, 0) is 0 Å². The standard InChI is InChI=1S/C21H20BrFN4OS/c1-2-3-4-11-29-21-25-20-18(26-27-21)16-12-14(22)7-10-17(16)24-19(28-20)13-5-8-15(23)9-6-13/h5-10,12,19,24H,2-4,11H2,1H3. The van der Waals surface area contributed by atoms with Crippen molar-refractivity contribution in [2.75, 3.05) is 11.1 Å². The van der Waals surface area contributed by atoms with Crippen LogP contribution >= 0.6 is 27.7 Å². The highest BCUT2D eigenvalue weighted by atomic mass is 79.9. The molecule has 0 radical (unpaired) electrons. The van der Waals surface area contributed by atoms with Crippen molar-refractivity contribution in [3.63, 3.8) is 0 Å². The normalized spacial score (nSPS) is 14.9. The van der Waals surface area contributed by atoms with Crippen LogP contribution in [0.4, 0.5) is 10.1 Å². The van der Waals surface area contributed by atoms with E-state index in [1.165, 1.54) is 25.0 Å².